The van der Waals surface area contributed by atoms with Crippen LogP contribution in [0.3, 0.4) is 0 Å². The summed E-state index contributed by atoms with van der Waals surface area (Å²) < 4.78 is 0.954. The Hall–Kier alpha value is -2.14. The summed E-state index contributed by atoms with van der Waals surface area (Å²) >= 11 is 3.37. The number of nitrogens with two attached hydrogens (primary N) is 1. The largest absolute Gasteiger partial charge is 0.368 e. The molecule has 0 aliphatic carbocycles. The van der Waals surface area contributed by atoms with Crippen molar-refractivity contribution in [2.75, 3.05) is 0 Å². The Morgan fingerprint density at radius 3 is 2.08 bits per heavy atom. The zero-order valence-electron chi connectivity index (χ0n) is 14.7. The first-order valence-electron chi connectivity index (χ1n) is 8.12. The van der Waals surface area contributed by atoms with Gasteiger partial charge in [-0.15, -0.1) is 0 Å². The summed E-state index contributed by atoms with van der Waals surface area (Å²) in [5, 5.41) is 2.73. The van der Waals surface area contributed by atoms with Gasteiger partial charge in [-0.3, -0.25) is 9.59 Å². The lowest BCUT2D eigenvalue weighted by molar-refractivity contribution is -0.119. The smallest absolute Gasteiger partial charge is 0.251 e. The van der Waals surface area contributed by atoms with E-state index in [4.69, 9.17) is 5.73 Å². The fraction of sp³-hybridized carbons (Fsp3) is 0.300. The van der Waals surface area contributed by atoms with Gasteiger partial charge in [0.25, 0.3) is 5.91 Å². The fourth-order valence-electron chi connectivity index (χ4n) is 2.44. The number of rotatable bonds is 5. The highest BCUT2D eigenvalue weighted by Gasteiger charge is 2.20. The number of benzene rings is 2. The van der Waals surface area contributed by atoms with Gasteiger partial charge < -0.3 is 11.1 Å². The van der Waals surface area contributed by atoms with E-state index in [-0.39, 0.29) is 11.3 Å². The molecule has 0 aliphatic rings. The molecule has 0 saturated heterocycles. The number of primary amides is 1. The molecule has 1 atom stereocenters. The van der Waals surface area contributed by atoms with E-state index in [2.05, 4.69) is 42.0 Å². The number of hydrogen-bond donors (Lipinski definition) is 2. The van der Waals surface area contributed by atoms with Crippen molar-refractivity contribution in [3.8, 4) is 0 Å². The summed E-state index contributed by atoms with van der Waals surface area (Å²) in [6.45, 7) is 6.34. The quantitative estimate of drug-likeness (QED) is 0.801. The second-order valence-electron chi connectivity index (χ2n) is 7.09. The molecule has 0 spiro atoms. The van der Waals surface area contributed by atoms with Crippen LogP contribution >= 0.6 is 15.9 Å². The average Bonchev–Trinajstić information content (AvgIpc) is 2.55. The van der Waals surface area contributed by atoms with Crippen LogP contribution in [0.4, 0.5) is 0 Å². The molecule has 0 bridgehead atoms. The molecule has 0 fully saturated rings. The summed E-state index contributed by atoms with van der Waals surface area (Å²) in [7, 11) is 0. The second kappa shape index (κ2) is 7.83. The standard InChI is InChI=1S/C20H23BrN2O2/c1-20(2,3)15-8-6-14(7-9-15)19(25)23-17(18(22)24)12-13-4-10-16(21)11-5-13/h4-11,17H,12H2,1-3H3,(H2,22,24)(H,23,25)/t17-/m1/s1. The van der Waals surface area contributed by atoms with Crippen molar-refractivity contribution in [2.24, 2.45) is 5.73 Å². The molecule has 0 saturated carbocycles. The van der Waals surface area contributed by atoms with E-state index in [0.29, 0.717) is 12.0 Å². The summed E-state index contributed by atoms with van der Waals surface area (Å²) in [4.78, 5) is 24.2. The number of nitrogens with one attached hydrogen (secondary N) is 1. The van der Waals surface area contributed by atoms with Crippen LogP contribution in [0.2, 0.25) is 0 Å². The Balaban J connectivity index is 2.09. The van der Waals surface area contributed by atoms with Crippen LogP contribution in [0.5, 0.6) is 0 Å². The van der Waals surface area contributed by atoms with Gasteiger partial charge in [0.05, 0.1) is 0 Å². The molecule has 2 aromatic rings. The Labute approximate surface area is 156 Å². The maximum atomic E-state index is 12.4. The maximum absolute atomic E-state index is 12.4. The predicted octanol–water partition coefficient (Wildman–Crippen LogP) is 3.57. The van der Waals surface area contributed by atoms with Gasteiger partial charge in [0.15, 0.2) is 0 Å². The zero-order valence-corrected chi connectivity index (χ0v) is 16.3. The Bertz CT molecular complexity index is 747. The van der Waals surface area contributed by atoms with Gasteiger partial charge in [-0.1, -0.05) is 61.0 Å². The van der Waals surface area contributed by atoms with Gasteiger partial charge in [-0.2, -0.15) is 0 Å². The van der Waals surface area contributed by atoms with Crippen molar-refractivity contribution in [1.82, 2.24) is 5.32 Å². The van der Waals surface area contributed by atoms with Gasteiger partial charge in [-0.25, -0.2) is 0 Å². The first-order valence-corrected chi connectivity index (χ1v) is 8.91. The highest BCUT2D eigenvalue weighted by molar-refractivity contribution is 9.10. The molecule has 2 rings (SSSR count). The van der Waals surface area contributed by atoms with Crippen molar-refractivity contribution < 1.29 is 9.59 Å². The van der Waals surface area contributed by atoms with Gasteiger partial charge in [0.2, 0.25) is 5.91 Å². The molecule has 132 valence electrons. The topological polar surface area (TPSA) is 72.2 Å². The van der Waals surface area contributed by atoms with Crippen molar-refractivity contribution in [3.05, 3.63) is 69.7 Å². The lowest BCUT2D eigenvalue weighted by Crippen LogP contribution is -2.45. The molecular weight excluding hydrogens is 380 g/mol. The SMILES string of the molecule is CC(C)(C)c1ccc(C(=O)N[C@H](Cc2ccc(Br)cc2)C(N)=O)cc1. The van der Waals surface area contributed by atoms with Gasteiger partial charge in [0.1, 0.15) is 6.04 Å². The minimum absolute atomic E-state index is 0.0202. The third-order valence-electron chi connectivity index (χ3n) is 4.01. The van der Waals surface area contributed by atoms with E-state index in [9.17, 15) is 9.59 Å². The summed E-state index contributed by atoms with van der Waals surface area (Å²) in [5.74, 6) is -0.857. The average molecular weight is 403 g/mol. The van der Waals surface area contributed by atoms with Crippen LogP contribution < -0.4 is 11.1 Å². The van der Waals surface area contributed by atoms with Crippen LogP contribution in [0, 0.1) is 0 Å². The molecule has 3 N–H and O–H groups in total. The second-order valence-corrected chi connectivity index (χ2v) is 8.00. The van der Waals surface area contributed by atoms with Gasteiger partial charge >= 0.3 is 0 Å². The predicted molar refractivity (Wildman–Crippen MR) is 103 cm³/mol. The van der Waals surface area contributed by atoms with Crippen molar-refractivity contribution >= 4 is 27.7 Å². The van der Waals surface area contributed by atoms with Crippen molar-refractivity contribution in [1.29, 1.82) is 0 Å². The normalized spacial score (nSPS) is 12.5. The number of carbonyl (C=O) groups is 2. The fourth-order valence-corrected chi connectivity index (χ4v) is 2.71. The number of halogens is 1. The lowest BCUT2D eigenvalue weighted by atomic mass is 9.86. The summed E-state index contributed by atoms with van der Waals surface area (Å²) in [6.07, 6.45) is 0.356. The molecule has 2 aromatic carbocycles. The van der Waals surface area contributed by atoms with Crippen molar-refractivity contribution in [3.63, 3.8) is 0 Å². The Kier molecular flexibility index (Phi) is 6.01. The van der Waals surface area contributed by atoms with E-state index < -0.39 is 11.9 Å². The van der Waals surface area contributed by atoms with Gasteiger partial charge in [0, 0.05) is 16.5 Å². The summed E-state index contributed by atoms with van der Waals surface area (Å²) in [6, 6.07) is 14.2. The molecule has 2 amide bonds. The van der Waals surface area contributed by atoms with E-state index in [1.807, 2.05) is 36.4 Å². The molecule has 4 nitrogen and oxygen atoms in total. The molecule has 0 radical (unpaired) electrons. The summed E-state index contributed by atoms with van der Waals surface area (Å²) in [5.41, 5.74) is 8.06. The molecule has 0 heterocycles. The minimum Gasteiger partial charge on any atom is -0.368 e. The highest BCUT2D eigenvalue weighted by Crippen LogP contribution is 2.22. The monoisotopic (exact) mass is 402 g/mol. The van der Waals surface area contributed by atoms with Gasteiger partial charge in [-0.05, 0) is 40.8 Å². The Morgan fingerprint density at radius 1 is 1.04 bits per heavy atom. The third kappa shape index (κ3) is 5.43. The number of hydrogen-bond acceptors (Lipinski definition) is 2. The van der Waals surface area contributed by atoms with Crippen LogP contribution in [-0.4, -0.2) is 17.9 Å². The first-order chi connectivity index (χ1) is 11.7. The molecule has 0 aliphatic heterocycles. The molecule has 25 heavy (non-hydrogen) atoms. The molecule has 5 heteroatoms. The van der Waals surface area contributed by atoms with Crippen LogP contribution in [-0.2, 0) is 16.6 Å². The first kappa shape index (κ1) is 19.2. The maximum Gasteiger partial charge on any atom is 0.251 e. The number of carbonyl (C=O) groups excluding carboxylic acids is 2. The Morgan fingerprint density at radius 2 is 1.60 bits per heavy atom. The zero-order chi connectivity index (χ0) is 18.6. The van der Waals surface area contributed by atoms with E-state index in [1.54, 1.807) is 12.1 Å². The number of amides is 2. The van der Waals surface area contributed by atoms with Crippen LogP contribution in [0.15, 0.2) is 53.0 Å². The molecular formula is C20H23BrN2O2. The third-order valence-corrected chi connectivity index (χ3v) is 4.54. The van der Waals surface area contributed by atoms with Crippen molar-refractivity contribution in [2.45, 2.75) is 38.6 Å². The lowest BCUT2D eigenvalue weighted by Gasteiger charge is -2.19. The van der Waals surface area contributed by atoms with E-state index in [0.717, 1.165) is 15.6 Å². The molecule has 0 unspecified atom stereocenters. The molecule has 0 aromatic heterocycles. The van der Waals surface area contributed by atoms with Crippen LogP contribution in [0.25, 0.3) is 0 Å². The minimum atomic E-state index is -0.754. The highest BCUT2D eigenvalue weighted by atomic mass is 79.9. The van der Waals surface area contributed by atoms with E-state index in [1.165, 1.54) is 0 Å². The van der Waals surface area contributed by atoms with E-state index >= 15 is 0 Å². The van der Waals surface area contributed by atoms with Crippen LogP contribution in [0.1, 0.15) is 42.3 Å².